The lowest BCUT2D eigenvalue weighted by Gasteiger charge is -2.46. The average Bonchev–Trinajstić information content (AvgIpc) is 3.21. The van der Waals surface area contributed by atoms with Crippen LogP contribution in [-0.2, 0) is 27.3 Å². The van der Waals surface area contributed by atoms with Gasteiger partial charge in [0.25, 0.3) is 0 Å². The minimum absolute atomic E-state index is 0.00721. The average molecular weight is 406 g/mol. The summed E-state index contributed by atoms with van der Waals surface area (Å²) in [4.78, 5) is 37.4. The topological polar surface area (TPSA) is 123 Å². The Bertz CT molecular complexity index is 1040. The normalized spacial score (nSPS) is 25.2. The first-order chi connectivity index (χ1) is 13.2. The first-order valence-corrected chi connectivity index (χ1v) is 9.75. The number of imidazole rings is 1. The van der Waals surface area contributed by atoms with Crippen molar-refractivity contribution in [3.63, 3.8) is 0 Å². The van der Waals surface area contributed by atoms with Crippen LogP contribution < -0.4 is 4.57 Å². The number of β-lactam (4-membered cyclic amide) rings is 1. The molecule has 2 aliphatic rings. The maximum Gasteiger partial charge on any atom is 0.352 e. The molecule has 4 rings (SSSR count). The lowest BCUT2D eigenvalue weighted by atomic mass is 9.78. The summed E-state index contributed by atoms with van der Waals surface area (Å²) in [7, 11) is 0. The quantitative estimate of drug-likeness (QED) is 0.462. The van der Waals surface area contributed by atoms with Crippen LogP contribution in [0.1, 0.15) is 19.5 Å². The Labute approximate surface area is 163 Å². The summed E-state index contributed by atoms with van der Waals surface area (Å²) in [5.74, 6) is -3.23. The van der Waals surface area contributed by atoms with Gasteiger partial charge in [-0.2, -0.15) is 4.40 Å². The second-order valence-electron chi connectivity index (χ2n) is 7.36. The van der Waals surface area contributed by atoms with Gasteiger partial charge in [-0.1, -0.05) is 18.3 Å². The standard InChI is InChI=1S/C18H19N3O6S/c1-8-11(16(18(26)27)21-15(8)14(9(2)22)17(21)25)4-19-5-12-20(7-19)10(6-28-12)3-13(23)24/h5-9,14-15,22H,3-4H2,1-2H3,(H-,23,24,26,27)/p+1/t8-,9+,14+,15+/m0/s1. The van der Waals surface area contributed by atoms with Crippen LogP contribution in [-0.4, -0.2) is 54.6 Å². The third-order valence-corrected chi connectivity index (χ3v) is 6.54. The zero-order valence-electron chi connectivity index (χ0n) is 15.3. The Morgan fingerprint density at radius 3 is 2.68 bits per heavy atom. The number of carbonyl (C=O) groups excluding carboxylic acids is 1. The Balaban J connectivity index is 1.68. The van der Waals surface area contributed by atoms with E-state index in [2.05, 4.69) is 0 Å². The second kappa shape index (κ2) is 6.42. The lowest BCUT2D eigenvalue weighted by molar-refractivity contribution is -0.688. The Morgan fingerprint density at radius 2 is 2.07 bits per heavy atom. The maximum atomic E-state index is 12.4. The molecule has 1 saturated heterocycles. The number of aliphatic carboxylic acids is 2. The molecule has 3 N–H and O–H groups in total. The van der Waals surface area contributed by atoms with E-state index in [1.165, 1.54) is 16.2 Å². The van der Waals surface area contributed by atoms with Crippen molar-refractivity contribution in [2.24, 2.45) is 11.8 Å². The van der Waals surface area contributed by atoms with Crippen molar-refractivity contribution < 1.29 is 34.3 Å². The summed E-state index contributed by atoms with van der Waals surface area (Å²) < 4.78 is 3.58. The number of fused-ring (bicyclic) bond motifs is 2. The Hall–Kier alpha value is -2.72. The molecule has 1 amide bonds. The zero-order valence-corrected chi connectivity index (χ0v) is 16.1. The van der Waals surface area contributed by atoms with Crippen LogP contribution in [0.15, 0.2) is 29.2 Å². The highest BCUT2D eigenvalue weighted by atomic mass is 32.1. The molecule has 28 heavy (non-hydrogen) atoms. The van der Waals surface area contributed by atoms with Gasteiger partial charge in [0, 0.05) is 16.9 Å². The molecule has 4 atom stereocenters. The van der Waals surface area contributed by atoms with E-state index in [9.17, 15) is 24.6 Å². The summed E-state index contributed by atoms with van der Waals surface area (Å²) in [5, 5.41) is 30.4. The zero-order chi connectivity index (χ0) is 20.3. The molecule has 0 unspecified atom stereocenters. The Morgan fingerprint density at radius 1 is 1.36 bits per heavy atom. The monoisotopic (exact) mass is 406 g/mol. The fourth-order valence-corrected chi connectivity index (χ4v) is 5.28. The number of nitrogens with zero attached hydrogens (tertiary/aromatic N) is 3. The molecule has 0 saturated carbocycles. The molecule has 4 heterocycles. The number of carbonyl (C=O) groups is 3. The van der Waals surface area contributed by atoms with Gasteiger partial charge in [0.05, 0.1) is 18.1 Å². The molecule has 2 aromatic rings. The van der Waals surface area contributed by atoms with Gasteiger partial charge in [-0.05, 0) is 6.92 Å². The van der Waals surface area contributed by atoms with E-state index in [0.29, 0.717) is 11.3 Å². The third kappa shape index (κ3) is 2.63. The number of aliphatic hydroxyl groups excluding tert-OH is 1. The predicted octanol–water partition coefficient (Wildman–Crippen LogP) is 0.112. The number of rotatable bonds is 6. The minimum atomic E-state index is -1.16. The van der Waals surface area contributed by atoms with Gasteiger partial charge in [-0.3, -0.25) is 9.59 Å². The lowest BCUT2D eigenvalue weighted by Crippen LogP contribution is -2.63. The van der Waals surface area contributed by atoms with Crippen molar-refractivity contribution in [1.82, 2.24) is 9.30 Å². The number of thiazole rings is 1. The fraction of sp³-hybridized carbons (Fsp3) is 0.444. The molecular weight excluding hydrogens is 386 g/mol. The van der Waals surface area contributed by atoms with Gasteiger partial charge in [-0.25, -0.2) is 9.36 Å². The molecule has 0 aliphatic carbocycles. The summed E-state index contributed by atoms with van der Waals surface area (Å²) in [5.41, 5.74) is 1.26. The number of amides is 1. The summed E-state index contributed by atoms with van der Waals surface area (Å²) in [6.07, 6.45) is 2.64. The highest BCUT2D eigenvalue weighted by molar-refractivity contribution is 7.15. The van der Waals surface area contributed by atoms with Crippen molar-refractivity contribution in [3.05, 3.63) is 34.9 Å². The van der Waals surface area contributed by atoms with Crippen molar-refractivity contribution in [1.29, 1.82) is 0 Å². The Kier molecular flexibility index (Phi) is 4.27. The summed E-state index contributed by atoms with van der Waals surface area (Å²) >= 11 is 1.41. The van der Waals surface area contributed by atoms with Gasteiger partial charge in [0.15, 0.2) is 0 Å². The number of aromatic nitrogens is 2. The maximum absolute atomic E-state index is 12.4. The molecule has 0 aromatic carbocycles. The van der Waals surface area contributed by atoms with Crippen molar-refractivity contribution in [3.8, 4) is 0 Å². The first kappa shape index (κ1) is 18.6. The van der Waals surface area contributed by atoms with Crippen LogP contribution in [0.3, 0.4) is 0 Å². The molecule has 148 valence electrons. The number of carboxylic acid groups (broad SMARTS) is 2. The van der Waals surface area contributed by atoms with E-state index in [1.807, 2.05) is 13.1 Å². The largest absolute Gasteiger partial charge is 0.481 e. The van der Waals surface area contributed by atoms with E-state index in [4.69, 9.17) is 5.11 Å². The third-order valence-electron chi connectivity index (χ3n) is 5.61. The van der Waals surface area contributed by atoms with E-state index in [-0.39, 0.29) is 36.5 Å². The molecule has 9 nitrogen and oxygen atoms in total. The molecule has 10 heteroatoms. The van der Waals surface area contributed by atoms with Crippen molar-refractivity contribution in [2.45, 2.75) is 39.0 Å². The predicted molar refractivity (Wildman–Crippen MR) is 96.4 cm³/mol. The number of aliphatic hydroxyl groups is 1. The van der Waals surface area contributed by atoms with Crippen LogP contribution in [0.25, 0.3) is 4.83 Å². The van der Waals surface area contributed by atoms with Crippen molar-refractivity contribution >= 4 is 34.0 Å². The number of hydrogen-bond acceptors (Lipinski definition) is 5. The molecule has 0 spiro atoms. The molecule has 2 aromatic heterocycles. The first-order valence-electron chi connectivity index (χ1n) is 8.87. The van der Waals surface area contributed by atoms with Crippen LogP contribution in [0.2, 0.25) is 0 Å². The van der Waals surface area contributed by atoms with Crippen LogP contribution in [0.4, 0.5) is 0 Å². The second-order valence-corrected chi connectivity index (χ2v) is 8.25. The van der Waals surface area contributed by atoms with Crippen molar-refractivity contribution in [2.75, 3.05) is 0 Å². The smallest absolute Gasteiger partial charge is 0.352 e. The highest BCUT2D eigenvalue weighted by Gasteiger charge is 2.60. The minimum Gasteiger partial charge on any atom is -0.481 e. The fourth-order valence-electron chi connectivity index (χ4n) is 4.35. The van der Waals surface area contributed by atoms with E-state index >= 15 is 0 Å². The van der Waals surface area contributed by atoms with Gasteiger partial charge >= 0.3 is 11.9 Å². The molecular formula is C18H20N3O6S+. The van der Waals surface area contributed by atoms with E-state index in [1.54, 1.807) is 27.6 Å². The van der Waals surface area contributed by atoms with Crippen LogP contribution in [0.5, 0.6) is 0 Å². The van der Waals surface area contributed by atoms with E-state index < -0.39 is 24.0 Å². The van der Waals surface area contributed by atoms with Gasteiger partial charge in [0.2, 0.25) is 17.1 Å². The van der Waals surface area contributed by atoms with Crippen LogP contribution in [0, 0.1) is 11.8 Å². The highest BCUT2D eigenvalue weighted by Crippen LogP contribution is 2.47. The van der Waals surface area contributed by atoms with E-state index in [0.717, 1.165) is 4.83 Å². The summed E-state index contributed by atoms with van der Waals surface area (Å²) in [6.45, 7) is 3.70. The molecule has 0 bridgehead atoms. The SMILES string of the molecule is C[C@@H](O)[C@H]1C(=O)N2C(C(=O)O)=C(C[n+]3cc4scc(CC(=O)O)n4c3)[C@H](C)[C@H]12. The van der Waals surface area contributed by atoms with Gasteiger partial charge in [0.1, 0.15) is 30.6 Å². The summed E-state index contributed by atoms with van der Waals surface area (Å²) in [6, 6.07) is -0.347. The molecule has 1 fully saturated rings. The number of carboxylic acids is 2. The molecule has 2 aliphatic heterocycles. The van der Waals surface area contributed by atoms with Crippen LogP contribution >= 0.6 is 11.3 Å². The van der Waals surface area contributed by atoms with Gasteiger partial charge < -0.3 is 20.2 Å². The number of hydrogen-bond donors (Lipinski definition) is 3. The molecule has 0 radical (unpaired) electrons. The van der Waals surface area contributed by atoms with Gasteiger partial charge in [-0.15, -0.1) is 0 Å².